The number of halogens is 1. The lowest BCUT2D eigenvalue weighted by Gasteiger charge is -2.23. The second-order valence-electron chi connectivity index (χ2n) is 3.90. The minimum absolute atomic E-state index is 0.230. The molecule has 1 unspecified atom stereocenters. The number of rotatable bonds is 2. The van der Waals surface area contributed by atoms with E-state index < -0.39 is 5.60 Å². The summed E-state index contributed by atoms with van der Waals surface area (Å²) >= 11 is 3.49. The van der Waals surface area contributed by atoms with E-state index in [0.29, 0.717) is 0 Å². The molecular weight excluding hydrogens is 242 g/mol. The first kappa shape index (κ1) is 11.7. The van der Waals surface area contributed by atoms with Crippen molar-refractivity contribution in [2.24, 2.45) is 5.73 Å². The lowest BCUT2D eigenvalue weighted by Crippen LogP contribution is -2.31. The molecule has 14 heavy (non-hydrogen) atoms. The molecule has 0 saturated carbocycles. The Balaban J connectivity index is 3.26. The van der Waals surface area contributed by atoms with Crippen LogP contribution in [0.15, 0.2) is 16.6 Å². The molecule has 0 aromatic heterocycles. The van der Waals surface area contributed by atoms with Crippen molar-refractivity contribution in [2.75, 3.05) is 6.54 Å². The molecule has 1 rings (SSSR count). The SMILES string of the molecule is Cc1cc(C(C)(O)CN)cc(C)c1Br. The summed E-state index contributed by atoms with van der Waals surface area (Å²) in [6.45, 7) is 5.98. The Morgan fingerprint density at radius 3 is 2.14 bits per heavy atom. The Kier molecular flexibility index (Phi) is 3.35. The van der Waals surface area contributed by atoms with E-state index in [1.807, 2.05) is 26.0 Å². The third-order valence-electron chi connectivity index (χ3n) is 2.46. The van der Waals surface area contributed by atoms with Crippen LogP contribution in [-0.4, -0.2) is 11.7 Å². The fourth-order valence-corrected chi connectivity index (χ4v) is 1.60. The fourth-order valence-electron chi connectivity index (χ4n) is 1.37. The first-order chi connectivity index (χ1) is 6.38. The van der Waals surface area contributed by atoms with Crippen LogP contribution in [0.2, 0.25) is 0 Å². The van der Waals surface area contributed by atoms with Crippen molar-refractivity contribution in [3.8, 4) is 0 Å². The van der Waals surface area contributed by atoms with Crippen molar-refractivity contribution in [1.82, 2.24) is 0 Å². The van der Waals surface area contributed by atoms with Gasteiger partial charge in [0.05, 0.1) is 5.60 Å². The van der Waals surface area contributed by atoms with Gasteiger partial charge in [-0.25, -0.2) is 0 Å². The molecule has 0 aliphatic rings. The second-order valence-corrected chi connectivity index (χ2v) is 4.70. The number of benzene rings is 1. The third-order valence-corrected chi connectivity index (χ3v) is 3.71. The van der Waals surface area contributed by atoms with Crippen molar-refractivity contribution in [2.45, 2.75) is 26.4 Å². The highest BCUT2D eigenvalue weighted by molar-refractivity contribution is 9.10. The van der Waals surface area contributed by atoms with E-state index in [2.05, 4.69) is 15.9 Å². The predicted octanol–water partition coefficient (Wildman–Crippen LogP) is 2.23. The van der Waals surface area contributed by atoms with Gasteiger partial charge in [0, 0.05) is 11.0 Å². The summed E-state index contributed by atoms with van der Waals surface area (Å²) in [4.78, 5) is 0. The molecule has 0 heterocycles. The molecule has 1 atom stereocenters. The van der Waals surface area contributed by atoms with Crippen molar-refractivity contribution in [3.63, 3.8) is 0 Å². The molecule has 1 aromatic rings. The number of aliphatic hydroxyl groups is 1. The van der Waals surface area contributed by atoms with Crippen LogP contribution >= 0.6 is 15.9 Å². The van der Waals surface area contributed by atoms with Crippen molar-refractivity contribution in [1.29, 1.82) is 0 Å². The van der Waals surface area contributed by atoms with Crippen LogP contribution < -0.4 is 5.73 Å². The van der Waals surface area contributed by atoms with Crippen LogP contribution in [0.3, 0.4) is 0 Å². The topological polar surface area (TPSA) is 46.2 Å². The molecule has 1 aromatic carbocycles. The maximum Gasteiger partial charge on any atom is 0.0990 e. The molecule has 0 aliphatic carbocycles. The maximum absolute atomic E-state index is 9.99. The average Bonchev–Trinajstić information content (AvgIpc) is 2.13. The van der Waals surface area contributed by atoms with Gasteiger partial charge >= 0.3 is 0 Å². The van der Waals surface area contributed by atoms with Gasteiger partial charge < -0.3 is 10.8 Å². The van der Waals surface area contributed by atoms with Crippen LogP contribution in [0.25, 0.3) is 0 Å². The molecule has 2 nitrogen and oxygen atoms in total. The van der Waals surface area contributed by atoms with E-state index >= 15 is 0 Å². The van der Waals surface area contributed by atoms with Gasteiger partial charge in [-0.3, -0.25) is 0 Å². The molecule has 3 heteroatoms. The number of hydrogen-bond acceptors (Lipinski definition) is 2. The average molecular weight is 258 g/mol. The van der Waals surface area contributed by atoms with Crippen molar-refractivity contribution < 1.29 is 5.11 Å². The molecule has 3 N–H and O–H groups in total. The molecule has 0 radical (unpaired) electrons. The van der Waals surface area contributed by atoms with Gasteiger partial charge in [-0.05, 0) is 37.5 Å². The summed E-state index contributed by atoms with van der Waals surface area (Å²) in [5, 5.41) is 9.99. The minimum Gasteiger partial charge on any atom is -0.384 e. The van der Waals surface area contributed by atoms with E-state index in [0.717, 1.165) is 21.2 Å². The van der Waals surface area contributed by atoms with Crippen LogP contribution in [0.4, 0.5) is 0 Å². The predicted molar refractivity (Wildman–Crippen MR) is 62.2 cm³/mol. The monoisotopic (exact) mass is 257 g/mol. The molecule has 0 bridgehead atoms. The second kappa shape index (κ2) is 4.01. The van der Waals surface area contributed by atoms with E-state index in [1.54, 1.807) is 6.92 Å². The summed E-state index contributed by atoms with van der Waals surface area (Å²) in [6.07, 6.45) is 0. The molecule has 78 valence electrons. The van der Waals surface area contributed by atoms with Crippen molar-refractivity contribution in [3.05, 3.63) is 33.3 Å². The summed E-state index contributed by atoms with van der Waals surface area (Å²) in [5.41, 5.74) is 7.69. The van der Waals surface area contributed by atoms with Gasteiger partial charge in [0.2, 0.25) is 0 Å². The first-order valence-electron chi connectivity index (χ1n) is 4.58. The molecule has 0 fully saturated rings. The zero-order valence-corrected chi connectivity index (χ0v) is 10.4. The van der Waals surface area contributed by atoms with E-state index in [9.17, 15) is 5.11 Å². The zero-order valence-electron chi connectivity index (χ0n) is 8.76. The number of nitrogens with two attached hydrogens (primary N) is 1. The minimum atomic E-state index is -0.934. The normalized spacial score (nSPS) is 15.3. The summed E-state index contributed by atoms with van der Waals surface area (Å²) in [6, 6.07) is 3.92. The molecule has 0 spiro atoms. The van der Waals surface area contributed by atoms with Gasteiger partial charge in [0.15, 0.2) is 0 Å². The van der Waals surface area contributed by atoms with Crippen LogP contribution in [0.5, 0.6) is 0 Å². The molecule has 0 aliphatic heterocycles. The molecule has 0 amide bonds. The maximum atomic E-state index is 9.99. The number of aryl methyl sites for hydroxylation is 2. The quantitative estimate of drug-likeness (QED) is 0.854. The fraction of sp³-hybridized carbons (Fsp3) is 0.455. The van der Waals surface area contributed by atoms with Crippen LogP contribution in [-0.2, 0) is 5.60 Å². The number of hydrogen-bond donors (Lipinski definition) is 2. The van der Waals surface area contributed by atoms with Crippen LogP contribution in [0, 0.1) is 13.8 Å². The largest absolute Gasteiger partial charge is 0.384 e. The highest BCUT2D eigenvalue weighted by Gasteiger charge is 2.21. The lowest BCUT2D eigenvalue weighted by molar-refractivity contribution is 0.0667. The standard InChI is InChI=1S/C11H16BrNO/c1-7-4-9(11(3,14)6-13)5-8(2)10(7)12/h4-5,14H,6,13H2,1-3H3. The van der Waals surface area contributed by atoms with Gasteiger partial charge in [0.1, 0.15) is 0 Å². The Hall–Kier alpha value is -0.380. The molecule has 0 saturated heterocycles. The van der Waals surface area contributed by atoms with Crippen molar-refractivity contribution >= 4 is 15.9 Å². The third kappa shape index (κ3) is 2.16. The first-order valence-corrected chi connectivity index (χ1v) is 5.37. The van der Waals surface area contributed by atoms with Gasteiger partial charge in [-0.15, -0.1) is 0 Å². The zero-order chi connectivity index (χ0) is 10.9. The Bertz CT molecular complexity index is 324. The molecular formula is C11H16BrNO. The summed E-state index contributed by atoms with van der Waals surface area (Å²) in [7, 11) is 0. The highest BCUT2D eigenvalue weighted by Crippen LogP contribution is 2.27. The van der Waals surface area contributed by atoms with Gasteiger partial charge in [-0.2, -0.15) is 0 Å². The summed E-state index contributed by atoms with van der Waals surface area (Å²) < 4.78 is 1.09. The Morgan fingerprint density at radius 2 is 1.79 bits per heavy atom. The van der Waals surface area contributed by atoms with E-state index in [4.69, 9.17) is 5.73 Å². The van der Waals surface area contributed by atoms with Gasteiger partial charge in [-0.1, -0.05) is 28.1 Å². The Labute approximate surface area is 93.3 Å². The van der Waals surface area contributed by atoms with E-state index in [1.165, 1.54) is 0 Å². The van der Waals surface area contributed by atoms with E-state index in [-0.39, 0.29) is 6.54 Å². The van der Waals surface area contributed by atoms with Crippen LogP contribution in [0.1, 0.15) is 23.6 Å². The highest BCUT2D eigenvalue weighted by atomic mass is 79.9. The smallest absolute Gasteiger partial charge is 0.0990 e. The Morgan fingerprint density at radius 1 is 1.36 bits per heavy atom. The summed E-state index contributed by atoms with van der Waals surface area (Å²) in [5.74, 6) is 0. The lowest BCUT2D eigenvalue weighted by atomic mass is 9.93. The van der Waals surface area contributed by atoms with Gasteiger partial charge in [0.25, 0.3) is 0 Å².